The molecule has 2 heterocycles. The maximum atomic E-state index is 5.88. The molecule has 0 saturated carbocycles. The topological polar surface area (TPSA) is 70.3 Å². The van der Waals surface area contributed by atoms with Crippen LogP contribution < -0.4 is 15.2 Å². The molecule has 20 heavy (non-hydrogen) atoms. The minimum atomic E-state index is -0.0137. The van der Waals surface area contributed by atoms with E-state index in [0.29, 0.717) is 17.6 Å². The van der Waals surface area contributed by atoms with E-state index in [9.17, 15) is 0 Å². The van der Waals surface area contributed by atoms with Gasteiger partial charge in [-0.15, -0.1) is 0 Å². The summed E-state index contributed by atoms with van der Waals surface area (Å²) < 4.78 is 11.5. The third-order valence-electron chi connectivity index (χ3n) is 2.82. The Balaban J connectivity index is 1.62. The van der Waals surface area contributed by atoms with Gasteiger partial charge in [0.05, 0.1) is 0 Å². The maximum Gasteiger partial charge on any atom is 0.189 e. The fraction of sp³-hybridized carbons (Fsp3) is 0.286. The Hall–Kier alpha value is -1.95. The molecule has 104 valence electrons. The first-order valence-corrected chi connectivity index (χ1v) is 7.32. The van der Waals surface area contributed by atoms with Crippen molar-refractivity contribution in [3.63, 3.8) is 0 Å². The fourth-order valence-electron chi connectivity index (χ4n) is 1.94. The molecule has 0 aliphatic carbocycles. The molecule has 5 nitrogen and oxygen atoms in total. The van der Waals surface area contributed by atoms with E-state index in [1.807, 2.05) is 31.2 Å². The van der Waals surface area contributed by atoms with Crippen molar-refractivity contribution in [2.45, 2.75) is 18.2 Å². The number of para-hydroxylation sites is 2. The van der Waals surface area contributed by atoms with Gasteiger partial charge < -0.3 is 15.2 Å². The minimum absolute atomic E-state index is 0.0137. The highest BCUT2D eigenvalue weighted by atomic mass is 32.2. The van der Waals surface area contributed by atoms with Gasteiger partial charge in [0.1, 0.15) is 18.5 Å². The number of hydrogen-bond donors (Lipinski definition) is 1. The van der Waals surface area contributed by atoms with Crippen LogP contribution in [-0.2, 0) is 0 Å². The molecule has 1 aromatic carbocycles. The number of nitrogens with two attached hydrogens (primary N) is 1. The minimum Gasteiger partial charge on any atom is -0.486 e. The summed E-state index contributed by atoms with van der Waals surface area (Å²) in [5, 5.41) is 0.671. The van der Waals surface area contributed by atoms with Crippen molar-refractivity contribution in [3.8, 4) is 11.5 Å². The SMILES string of the molecule is Cc1cc(N)nc(SCC2COc3ccccc3O2)n1. The van der Waals surface area contributed by atoms with Gasteiger partial charge >= 0.3 is 0 Å². The number of fused-ring (bicyclic) bond motifs is 1. The average Bonchev–Trinajstić information content (AvgIpc) is 2.44. The van der Waals surface area contributed by atoms with Crippen LogP contribution in [0.1, 0.15) is 5.69 Å². The smallest absolute Gasteiger partial charge is 0.189 e. The summed E-state index contributed by atoms with van der Waals surface area (Å²) >= 11 is 1.52. The molecule has 0 fully saturated rings. The molecule has 1 unspecified atom stereocenters. The summed E-state index contributed by atoms with van der Waals surface area (Å²) in [5.74, 6) is 2.79. The van der Waals surface area contributed by atoms with Gasteiger partial charge in [0.15, 0.2) is 16.7 Å². The zero-order valence-corrected chi connectivity index (χ0v) is 11.9. The third-order valence-corrected chi connectivity index (χ3v) is 3.80. The van der Waals surface area contributed by atoms with E-state index in [2.05, 4.69) is 9.97 Å². The zero-order valence-electron chi connectivity index (χ0n) is 11.1. The van der Waals surface area contributed by atoms with Crippen molar-refractivity contribution in [2.24, 2.45) is 0 Å². The zero-order chi connectivity index (χ0) is 13.9. The van der Waals surface area contributed by atoms with Crippen molar-refractivity contribution in [1.29, 1.82) is 0 Å². The van der Waals surface area contributed by atoms with Gasteiger partial charge in [0.25, 0.3) is 0 Å². The summed E-state index contributed by atoms with van der Waals surface area (Å²) in [4.78, 5) is 8.53. The first-order chi connectivity index (χ1) is 9.70. The Kier molecular flexibility index (Phi) is 3.64. The molecule has 1 aliphatic rings. The van der Waals surface area contributed by atoms with Gasteiger partial charge in [0.2, 0.25) is 0 Å². The number of thioether (sulfide) groups is 1. The molecule has 1 aliphatic heterocycles. The molecule has 1 aromatic heterocycles. The molecule has 6 heteroatoms. The van der Waals surface area contributed by atoms with Crippen LogP contribution in [0.5, 0.6) is 11.5 Å². The molecule has 2 N–H and O–H groups in total. The molecular formula is C14H15N3O2S. The van der Waals surface area contributed by atoms with Crippen LogP contribution in [0, 0.1) is 6.92 Å². The van der Waals surface area contributed by atoms with E-state index in [1.165, 1.54) is 11.8 Å². The molecular weight excluding hydrogens is 274 g/mol. The van der Waals surface area contributed by atoms with Gasteiger partial charge in [-0.3, -0.25) is 0 Å². The molecule has 0 saturated heterocycles. The van der Waals surface area contributed by atoms with E-state index >= 15 is 0 Å². The quantitative estimate of drug-likeness (QED) is 0.690. The number of benzene rings is 1. The number of nitrogens with zero attached hydrogens (tertiary/aromatic N) is 2. The predicted octanol–water partition coefficient (Wildman–Crippen LogP) is 2.30. The van der Waals surface area contributed by atoms with Crippen LogP contribution in [0.2, 0.25) is 0 Å². The highest BCUT2D eigenvalue weighted by Crippen LogP contribution is 2.32. The van der Waals surface area contributed by atoms with Crippen LogP contribution in [0.3, 0.4) is 0 Å². The standard InChI is InChI=1S/C14H15N3O2S/c1-9-6-13(15)17-14(16-9)20-8-10-7-18-11-4-2-3-5-12(11)19-10/h2-6,10H,7-8H2,1H3,(H2,15,16,17). The Morgan fingerprint density at radius 3 is 2.90 bits per heavy atom. The molecule has 1 atom stereocenters. The summed E-state index contributed by atoms with van der Waals surface area (Å²) in [6.07, 6.45) is -0.0137. The molecule has 0 radical (unpaired) electrons. The predicted molar refractivity (Wildman–Crippen MR) is 78.3 cm³/mol. The van der Waals surface area contributed by atoms with E-state index in [-0.39, 0.29) is 6.10 Å². The second-order valence-electron chi connectivity index (χ2n) is 4.53. The summed E-state index contributed by atoms with van der Waals surface area (Å²) in [6, 6.07) is 9.43. The lowest BCUT2D eigenvalue weighted by molar-refractivity contribution is 0.107. The van der Waals surface area contributed by atoms with E-state index in [1.54, 1.807) is 6.07 Å². The lowest BCUT2D eigenvalue weighted by atomic mass is 10.3. The van der Waals surface area contributed by atoms with Gasteiger partial charge in [-0.1, -0.05) is 23.9 Å². The fourth-order valence-corrected chi connectivity index (χ4v) is 2.82. The molecule has 2 aromatic rings. The lowest BCUT2D eigenvalue weighted by Crippen LogP contribution is -2.31. The number of aryl methyl sites for hydroxylation is 1. The molecule has 0 amide bonds. The van der Waals surface area contributed by atoms with E-state index in [4.69, 9.17) is 15.2 Å². The van der Waals surface area contributed by atoms with Crippen LogP contribution >= 0.6 is 11.8 Å². The summed E-state index contributed by atoms with van der Waals surface area (Å²) in [6.45, 7) is 2.43. The summed E-state index contributed by atoms with van der Waals surface area (Å²) in [5.41, 5.74) is 6.58. The van der Waals surface area contributed by atoms with Crippen LogP contribution in [0.25, 0.3) is 0 Å². The third kappa shape index (κ3) is 2.96. The van der Waals surface area contributed by atoms with Gasteiger partial charge in [-0.2, -0.15) is 0 Å². The summed E-state index contributed by atoms with van der Waals surface area (Å²) in [7, 11) is 0. The Bertz CT molecular complexity index is 601. The lowest BCUT2D eigenvalue weighted by Gasteiger charge is -2.25. The number of aromatic nitrogens is 2. The van der Waals surface area contributed by atoms with Gasteiger partial charge in [-0.25, -0.2) is 9.97 Å². The van der Waals surface area contributed by atoms with E-state index < -0.39 is 0 Å². The molecule has 0 spiro atoms. The van der Waals surface area contributed by atoms with Crippen molar-refractivity contribution in [1.82, 2.24) is 9.97 Å². The second-order valence-corrected chi connectivity index (χ2v) is 5.51. The van der Waals surface area contributed by atoms with Crippen LogP contribution in [-0.4, -0.2) is 28.4 Å². The van der Waals surface area contributed by atoms with E-state index in [0.717, 1.165) is 22.9 Å². The van der Waals surface area contributed by atoms with Crippen molar-refractivity contribution in [2.75, 3.05) is 18.1 Å². The Labute approximate surface area is 121 Å². The second kappa shape index (κ2) is 5.58. The maximum absolute atomic E-state index is 5.88. The largest absolute Gasteiger partial charge is 0.486 e. The Morgan fingerprint density at radius 2 is 2.10 bits per heavy atom. The van der Waals surface area contributed by atoms with Crippen molar-refractivity contribution >= 4 is 17.6 Å². The highest BCUT2D eigenvalue weighted by Gasteiger charge is 2.21. The number of anilines is 1. The average molecular weight is 289 g/mol. The van der Waals surface area contributed by atoms with Crippen LogP contribution in [0.4, 0.5) is 5.82 Å². The van der Waals surface area contributed by atoms with Gasteiger partial charge in [0, 0.05) is 17.5 Å². The van der Waals surface area contributed by atoms with Crippen molar-refractivity contribution < 1.29 is 9.47 Å². The number of nitrogen functional groups attached to an aromatic ring is 1. The van der Waals surface area contributed by atoms with Crippen molar-refractivity contribution in [3.05, 3.63) is 36.0 Å². The first kappa shape index (κ1) is 13.1. The Morgan fingerprint density at radius 1 is 1.30 bits per heavy atom. The first-order valence-electron chi connectivity index (χ1n) is 6.33. The van der Waals surface area contributed by atoms with Gasteiger partial charge in [-0.05, 0) is 19.1 Å². The molecule has 0 bridgehead atoms. The normalized spacial score (nSPS) is 16.9. The number of rotatable bonds is 3. The molecule has 3 rings (SSSR count). The van der Waals surface area contributed by atoms with Crippen LogP contribution in [0.15, 0.2) is 35.5 Å². The highest BCUT2D eigenvalue weighted by molar-refractivity contribution is 7.99. The number of hydrogen-bond acceptors (Lipinski definition) is 6. The monoisotopic (exact) mass is 289 g/mol. The number of ether oxygens (including phenoxy) is 2.